The third-order valence-electron chi connectivity index (χ3n) is 4.69. The third kappa shape index (κ3) is 3.26. The molecule has 0 radical (unpaired) electrons. The standard InChI is InChI=1S/C21H15FN4O4/c22-14-2-1-3-15(9-14)23-20(27)11-25-6-7-26-17(21(25)28)10-16(24-26)13-4-5-18-19(8-13)30-12-29-18/h1-10H,11-12H2,(H,23,27). The summed E-state index contributed by atoms with van der Waals surface area (Å²) in [5.41, 5.74) is 1.64. The average molecular weight is 406 g/mol. The molecule has 30 heavy (non-hydrogen) atoms. The molecule has 9 heteroatoms. The summed E-state index contributed by atoms with van der Waals surface area (Å²) in [4.78, 5) is 25.1. The smallest absolute Gasteiger partial charge is 0.277 e. The highest BCUT2D eigenvalue weighted by Crippen LogP contribution is 2.35. The first-order chi connectivity index (χ1) is 14.6. The number of fused-ring (bicyclic) bond motifs is 2. The summed E-state index contributed by atoms with van der Waals surface area (Å²) < 4.78 is 26.7. The molecule has 0 bridgehead atoms. The zero-order chi connectivity index (χ0) is 20.7. The number of amides is 1. The highest BCUT2D eigenvalue weighted by molar-refractivity contribution is 5.90. The molecule has 5 rings (SSSR count). The maximum Gasteiger partial charge on any atom is 0.277 e. The number of carbonyl (C=O) groups is 1. The lowest BCUT2D eigenvalue weighted by molar-refractivity contribution is -0.116. The van der Waals surface area contributed by atoms with Crippen LogP contribution in [0, 0.1) is 5.82 Å². The first-order valence-electron chi connectivity index (χ1n) is 9.11. The minimum absolute atomic E-state index is 0.173. The molecule has 3 heterocycles. The largest absolute Gasteiger partial charge is 0.454 e. The molecule has 1 aliphatic heterocycles. The number of nitrogens with zero attached hydrogens (tertiary/aromatic N) is 3. The normalized spacial score (nSPS) is 12.3. The predicted octanol–water partition coefficient (Wildman–Crippen LogP) is 2.67. The van der Waals surface area contributed by atoms with Crippen molar-refractivity contribution in [2.45, 2.75) is 6.54 Å². The number of rotatable bonds is 4. The van der Waals surface area contributed by atoms with E-state index >= 15 is 0 Å². The fourth-order valence-electron chi connectivity index (χ4n) is 3.27. The van der Waals surface area contributed by atoms with Crippen LogP contribution in [-0.4, -0.2) is 26.9 Å². The van der Waals surface area contributed by atoms with Crippen LogP contribution in [-0.2, 0) is 11.3 Å². The van der Waals surface area contributed by atoms with Crippen LogP contribution in [0.25, 0.3) is 16.8 Å². The van der Waals surface area contributed by atoms with Gasteiger partial charge in [-0.15, -0.1) is 0 Å². The van der Waals surface area contributed by atoms with E-state index in [9.17, 15) is 14.0 Å². The van der Waals surface area contributed by atoms with Gasteiger partial charge in [-0.25, -0.2) is 8.91 Å². The zero-order valence-corrected chi connectivity index (χ0v) is 15.5. The molecule has 0 saturated carbocycles. The molecule has 0 unspecified atom stereocenters. The van der Waals surface area contributed by atoms with Crippen molar-refractivity contribution in [1.82, 2.24) is 14.2 Å². The summed E-state index contributed by atoms with van der Waals surface area (Å²) in [7, 11) is 0. The molecule has 150 valence electrons. The second-order valence-electron chi connectivity index (χ2n) is 6.72. The van der Waals surface area contributed by atoms with E-state index in [0.29, 0.717) is 28.4 Å². The molecular formula is C21H15FN4O4. The van der Waals surface area contributed by atoms with Gasteiger partial charge in [0.25, 0.3) is 5.56 Å². The van der Waals surface area contributed by atoms with Gasteiger partial charge in [0.2, 0.25) is 12.7 Å². The van der Waals surface area contributed by atoms with Gasteiger partial charge in [0.1, 0.15) is 17.9 Å². The van der Waals surface area contributed by atoms with E-state index in [0.717, 1.165) is 5.56 Å². The number of aromatic nitrogens is 3. The quantitative estimate of drug-likeness (QED) is 0.563. The van der Waals surface area contributed by atoms with E-state index in [1.807, 2.05) is 6.07 Å². The van der Waals surface area contributed by atoms with Gasteiger partial charge in [0, 0.05) is 23.6 Å². The van der Waals surface area contributed by atoms with Crippen LogP contribution >= 0.6 is 0 Å². The van der Waals surface area contributed by atoms with E-state index in [1.165, 1.54) is 33.5 Å². The predicted molar refractivity (Wildman–Crippen MR) is 106 cm³/mol. The van der Waals surface area contributed by atoms with Gasteiger partial charge < -0.3 is 19.4 Å². The Morgan fingerprint density at radius 3 is 2.83 bits per heavy atom. The van der Waals surface area contributed by atoms with Crippen molar-refractivity contribution in [2.75, 3.05) is 12.1 Å². The average Bonchev–Trinajstić information content (AvgIpc) is 3.36. The lowest BCUT2D eigenvalue weighted by Crippen LogP contribution is -2.28. The van der Waals surface area contributed by atoms with Gasteiger partial charge in [-0.2, -0.15) is 5.10 Å². The number of anilines is 1. The fraction of sp³-hybridized carbons (Fsp3) is 0.0952. The molecule has 1 amide bonds. The summed E-state index contributed by atoms with van der Waals surface area (Å²) in [6.07, 6.45) is 3.08. The van der Waals surface area contributed by atoms with Gasteiger partial charge in [-0.1, -0.05) is 6.07 Å². The second-order valence-corrected chi connectivity index (χ2v) is 6.72. The summed E-state index contributed by atoms with van der Waals surface area (Å²) in [5.74, 6) is 0.384. The number of ether oxygens (including phenoxy) is 2. The molecule has 0 spiro atoms. The number of benzene rings is 2. The molecule has 0 atom stereocenters. The number of hydrogen-bond acceptors (Lipinski definition) is 5. The molecule has 0 aliphatic carbocycles. The Morgan fingerprint density at radius 2 is 1.97 bits per heavy atom. The van der Waals surface area contributed by atoms with E-state index in [2.05, 4.69) is 10.4 Å². The van der Waals surface area contributed by atoms with Crippen LogP contribution in [0.5, 0.6) is 11.5 Å². The molecular weight excluding hydrogens is 391 g/mol. The number of carbonyl (C=O) groups excluding carboxylic acids is 1. The molecule has 1 aliphatic rings. The van der Waals surface area contributed by atoms with E-state index in [1.54, 1.807) is 30.5 Å². The van der Waals surface area contributed by atoms with Crippen molar-refractivity contribution >= 4 is 17.1 Å². The molecule has 1 N–H and O–H groups in total. The Hall–Kier alpha value is -4.14. The van der Waals surface area contributed by atoms with Crippen molar-refractivity contribution < 1.29 is 18.7 Å². The van der Waals surface area contributed by atoms with Crippen molar-refractivity contribution in [3.05, 3.63) is 77.1 Å². The van der Waals surface area contributed by atoms with Gasteiger partial charge in [-0.05, 0) is 42.5 Å². The van der Waals surface area contributed by atoms with Gasteiger partial charge in [0.05, 0.1) is 5.69 Å². The van der Waals surface area contributed by atoms with Crippen LogP contribution in [0.2, 0.25) is 0 Å². The van der Waals surface area contributed by atoms with Crippen molar-refractivity contribution in [2.24, 2.45) is 0 Å². The molecule has 0 saturated heterocycles. The van der Waals surface area contributed by atoms with Crippen LogP contribution in [0.3, 0.4) is 0 Å². The Morgan fingerprint density at radius 1 is 1.10 bits per heavy atom. The second kappa shape index (κ2) is 7.03. The van der Waals surface area contributed by atoms with Crippen molar-refractivity contribution in [3.8, 4) is 22.8 Å². The number of hydrogen-bond donors (Lipinski definition) is 1. The summed E-state index contributed by atoms with van der Waals surface area (Å²) in [6.45, 7) is -0.0390. The summed E-state index contributed by atoms with van der Waals surface area (Å²) in [6, 6.07) is 12.6. The maximum atomic E-state index is 13.3. The molecule has 0 fully saturated rings. The lowest BCUT2D eigenvalue weighted by atomic mass is 10.1. The first-order valence-corrected chi connectivity index (χ1v) is 9.11. The van der Waals surface area contributed by atoms with Crippen LogP contribution < -0.4 is 20.3 Å². The van der Waals surface area contributed by atoms with Crippen LogP contribution in [0.4, 0.5) is 10.1 Å². The number of nitrogens with one attached hydrogen (secondary N) is 1. The van der Waals surface area contributed by atoms with E-state index < -0.39 is 11.7 Å². The Kier molecular flexibility index (Phi) is 4.20. The Labute approximate surface area is 169 Å². The maximum absolute atomic E-state index is 13.3. The monoisotopic (exact) mass is 406 g/mol. The van der Waals surface area contributed by atoms with Gasteiger partial charge >= 0.3 is 0 Å². The van der Waals surface area contributed by atoms with Crippen molar-refractivity contribution in [3.63, 3.8) is 0 Å². The SMILES string of the molecule is O=C(Cn1ccn2nc(-c3ccc4c(c3)OCO4)cc2c1=O)Nc1cccc(F)c1. The zero-order valence-electron chi connectivity index (χ0n) is 15.5. The minimum atomic E-state index is -0.457. The van der Waals surface area contributed by atoms with Gasteiger partial charge in [0.15, 0.2) is 11.5 Å². The highest BCUT2D eigenvalue weighted by Gasteiger charge is 2.16. The third-order valence-corrected chi connectivity index (χ3v) is 4.69. The van der Waals surface area contributed by atoms with Crippen LogP contribution in [0.15, 0.2) is 65.7 Å². The molecule has 2 aromatic carbocycles. The lowest BCUT2D eigenvalue weighted by Gasteiger charge is -2.07. The van der Waals surface area contributed by atoms with Crippen LogP contribution in [0.1, 0.15) is 0 Å². The fourth-order valence-corrected chi connectivity index (χ4v) is 3.27. The Bertz CT molecular complexity index is 1340. The Balaban J connectivity index is 1.41. The summed E-state index contributed by atoms with van der Waals surface area (Å²) in [5, 5.41) is 7.01. The molecule has 8 nitrogen and oxygen atoms in total. The summed E-state index contributed by atoms with van der Waals surface area (Å²) >= 11 is 0. The molecule has 2 aromatic heterocycles. The first kappa shape index (κ1) is 17.9. The van der Waals surface area contributed by atoms with Gasteiger partial charge in [-0.3, -0.25) is 9.59 Å². The minimum Gasteiger partial charge on any atom is -0.454 e. The number of halogens is 1. The van der Waals surface area contributed by atoms with Crippen molar-refractivity contribution in [1.29, 1.82) is 0 Å². The topological polar surface area (TPSA) is 86.9 Å². The highest BCUT2D eigenvalue weighted by atomic mass is 19.1. The molecule has 4 aromatic rings. The van der Waals surface area contributed by atoms with E-state index in [4.69, 9.17) is 9.47 Å². The van der Waals surface area contributed by atoms with E-state index in [-0.39, 0.29) is 18.9 Å².